The lowest BCUT2D eigenvalue weighted by atomic mass is 10.1. The summed E-state index contributed by atoms with van der Waals surface area (Å²) in [6.45, 7) is -0.0692. The van der Waals surface area contributed by atoms with E-state index in [-0.39, 0.29) is 18.7 Å². The van der Waals surface area contributed by atoms with Gasteiger partial charge in [-0.25, -0.2) is 22.6 Å². The Morgan fingerprint density at radius 1 is 1.17 bits per heavy atom. The largest absolute Gasteiger partial charge is 0.497 e. The minimum Gasteiger partial charge on any atom is -0.497 e. The molecule has 1 aliphatic heterocycles. The molecule has 0 saturated carbocycles. The summed E-state index contributed by atoms with van der Waals surface area (Å²) in [4.78, 5) is 12.5. The average Bonchev–Trinajstić information content (AvgIpc) is 3.17. The molecular formula is C18H20F2N4O4S. The van der Waals surface area contributed by atoms with Gasteiger partial charge in [-0.1, -0.05) is 0 Å². The van der Waals surface area contributed by atoms with Crippen LogP contribution >= 0.6 is 0 Å². The second-order valence-corrected chi connectivity index (χ2v) is 8.23. The molecule has 1 heterocycles. The van der Waals surface area contributed by atoms with Crippen molar-refractivity contribution in [3.63, 3.8) is 0 Å². The molecular weight excluding hydrogens is 406 g/mol. The summed E-state index contributed by atoms with van der Waals surface area (Å²) in [6, 6.07) is 9.17. The molecule has 29 heavy (non-hydrogen) atoms. The number of amides is 1. The van der Waals surface area contributed by atoms with Gasteiger partial charge in [0.05, 0.1) is 13.0 Å². The van der Waals surface area contributed by atoms with Gasteiger partial charge in [-0.3, -0.25) is 14.9 Å². The minimum atomic E-state index is -3.97. The monoisotopic (exact) mass is 426 g/mol. The van der Waals surface area contributed by atoms with Crippen LogP contribution in [0.2, 0.25) is 0 Å². The molecule has 0 radical (unpaired) electrons. The summed E-state index contributed by atoms with van der Waals surface area (Å²) >= 11 is 0. The normalized spacial score (nSPS) is 19.0. The Morgan fingerprint density at radius 3 is 2.45 bits per heavy atom. The third kappa shape index (κ3) is 5.19. The highest BCUT2D eigenvalue weighted by Gasteiger charge is 2.41. The van der Waals surface area contributed by atoms with Crippen LogP contribution < -0.4 is 25.6 Å². The number of hydrogen-bond donors (Lipinski definition) is 4. The molecule has 0 bridgehead atoms. The topological polar surface area (TPSA) is 109 Å². The first-order valence-electron chi connectivity index (χ1n) is 8.65. The van der Waals surface area contributed by atoms with Crippen molar-refractivity contribution in [2.45, 2.75) is 11.9 Å². The standard InChI is InChI=1S/C18H20F2N4O4S/c1-28-15-4-2-14(3-5-15)24-29(26,27)18-16(10-22-23-18)17(25)21-9-11-6-12(19)8-13(20)7-11/h2-8,16,18,22-24H,9-10H2,1H3,(H,21,25). The van der Waals surface area contributed by atoms with Gasteiger partial charge in [-0.2, -0.15) is 0 Å². The van der Waals surface area contributed by atoms with E-state index in [9.17, 15) is 22.0 Å². The van der Waals surface area contributed by atoms with Crippen LogP contribution in [0, 0.1) is 17.6 Å². The van der Waals surface area contributed by atoms with E-state index in [1.165, 1.54) is 19.2 Å². The second kappa shape index (κ2) is 8.72. The van der Waals surface area contributed by atoms with Gasteiger partial charge < -0.3 is 10.1 Å². The third-order valence-electron chi connectivity index (χ3n) is 4.34. The van der Waals surface area contributed by atoms with E-state index in [4.69, 9.17) is 4.74 Å². The minimum absolute atomic E-state index is 0.0670. The van der Waals surface area contributed by atoms with Crippen LogP contribution in [0.15, 0.2) is 42.5 Å². The first-order chi connectivity index (χ1) is 13.8. The van der Waals surface area contributed by atoms with Gasteiger partial charge in [0.1, 0.15) is 17.4 Å². The molecule has 8 nitrogen and oxygen atoms in total. The highest BCUT2D eigenvalue weighted by atomic mass is 32.2. The van der Waals surface area contributed by atoms with Gasteiger partial charge in [0.25, 0.3) is 10.0 Å². The molecule has 3 rings (SSSR count). The zero-order valence-corrected chi connectivity index (χ0v) is 16.2. The lowest BCUT2D eigenvalue weighted by Crippen LogP contribution is -2.46. The second-order valence-electron chi connectivity index (χ2n) is 6.42. The summed E-state index contributed by atoms with van der Waals surface area (Å²) in [7, 11) is -2.47. The number of rotatable bonds is 7. The molecule has 1 saturated heterocycles. The van der Waals surface area contributed by atoms with Gasteiger partial charge in [-0.15, -0.1) is 0 Å². The van der Waals surface area contributed by atoms with E-state index in [0.717, 1.165) is 18.2 Å². The molecule has 2 aromatic carbocycles. The molecule has 2 atom stereocenters. The number of sulfonamides is 1. The molecule has 0 aliphatic carbocycles. The SMILES string of the molecule is COc1ccc(NS(=O)(=O)C2NNCC2C(=O)NCc2cc(F)cc(F)c2)cc1. The van der Waals surface area contributed by atoms with E-state index in [1.54, 1.807) is 12.1 Å². The van der Waals surface area contributed by atoms with E-state index >= 15 is 0 Å². The Bertz CT molecular complexity index is 966. The molecule has 0 aromatic heterocycles. The van der Waals surface area contributed by atoms with E-state index < -0.39 is 38.9 Å². The Morgan fingerprint density at radius 2 is 1.83 bits per heavy atom. The van der Waals surface area contributed by atoms with Crippen molar-refractivity contribution in [3.8, 4) is 5.75 Å². The maximum absolute atomic E-state index is 13.3. The first kappa shape index (κ1) is 21.0. The van der Waals surface area contributed by atoms with Crippen molar-refractivity contribution in [1.82, 2.24) is 16.2 Å². The molecule has 2 unspecified atom stereocenters. The molecule has 1 amide bonds. The lowest BCUT2D eigenvalue weighted by Gasteiger charge is -2.19. The third-order valence-corrected chi connectivity index (χ3v) is 5.98. The summed E-state index contributed by atoms with van der Waals surface area (Å²) in [5.74, 6) is -2.48. The number of carbonyl (C=O) groups is 1. The van der Waals surface area contributed by atoms with Gasteiger partial charge in [0.15, 0.2) is 5.37 Å². The van der Waals surface area contributed by atoms with Crippen molar-refractivity contribution in [3.05, 3.63) is 59.7 Å². The van der Waals surface area contributed by atoms with Crippen LogP contribution in [0.25, 0.3) is 0 Å². The quantitative estimate of drug-likeness (QED) is 0.528. The molecule has 1 aliphatic rings. The number of hydrazine groups is 1. The number of benzene rings is 2. The number of anilines is 1. The first-order valence-corrected chi connectivity index (χ1v) is 10.2. The molecule has 1 fully saturated rings. The lowest BCUT2D eigenvalue weighted by molar-refractivity contribution is -0.124. The van der Waals surface area contributed by atoms with Gasteiger partial charge in [0, 0.05) is 24.8 Å². The zero-order chi connectivity index (χ0) is 21.0. The average molecular weight is 426 g/mol. The summed E-state index contributed by atoms with van der Waals surface area (Å²) in [6.07, 6.45) is 0. The highest BCUT2D eigenvalue weighted by molar-refractivity contribution is 7.93. The number of methoxy groups -OCH3 is 1. The Balaban J connectivity index is 1.66. The van der Waals surface area contributed by atoms with Crippen LogP contribution in [0.1, 0.15) is 5.56 Å². The van der Waals surface area contributed by atoms with Crippen molar-refractivity contribution in [2.24, 2.45) is 5.92 Å². The Labute approximate surface area is 166 Å². The molecule has 11 heteroatoms. The number of nitrogens with one attached hydrogen (secondary N) is 4. The predicted octanol–water partition coefficient (Wildman–Crippen LogP) is 1.08. The highest BCUT2D eigenvalue weighted by Crippen LogP contribution is 2.21. The van der Waals surface area contributed by atoms with E-state index in [1.807, 2.05) is 0 Å². The number of ether oxygens (including phenoxy) is 1. The van der Waals surface area contributed by atoms with Crippen LogP contribution in [0.3, 0.4) is 0 Å². The maximum atomic E-state index is 13.3. The maximum Gasteiger partial charge on any atom is 0.250 e. The fourth-order valence-corrected chi connectivity index (χ4v) is 4.40. The van der Waals surface area contributed by atoms with Crippen LogP contribution in [-0.2, 0) is 21.4 Å². The Hall–Kier alpha value is -2.76. The zero-order valence-electron chi connectivity index (χ0n) is 15.4. The van der Waals surface area contributed by atoms with Crippen molar-refractivity contribution in [1.29, 1.82) is 0 Å². The van der Waals surface area contributed by atoms with Crippen molar-refractivity contribution < 1.29 is 26.7 Å². The summed E-state index contributed by atoms with van der Waals surface area (Å²) in [5, 5.41) is 1.27. The van der Waals surface area contributed by atoms with Crippen molar-refractivity contribution >= 4 is 21.6 Å². The fraction of sp³-hybridized carbons (Fsp3) is 0.278. The number of halogens is 2. The van der Waals surface area contributed by atoms with Crippen LogP contribution in [0.5, 0.6) is 5.75 Å². The molecule has 2 aromatic rings. The molecule has 156 valence electrons. The summed E-state index contributed by atoms with van der Waals surface area (Å²) in [5.41, 5.74) is 5.78. The molecule has 4 N–H and O–H groups in total. The smallest absolute Gasteiger partial charge is 0.250 e. The predicted molar refractivity (Wildman–Crippen MR) is 102 cm³/mol. The van der Waals surface area contributed by atoms with E-state index in [0.29, 0.717) is 11.4 Å². The fourth-order valence-electron chi connectivity index (χ4n) is 2.92. The summed E-state index contributed by atoms with van der Waals surface area (Å²) < 4.78 is 59.4. The molecule has 0 spiro atoms. The van der Waals surface area contributed by atoms with Gasteiger partial charge in [-0.05, 0) is 42.0 Å². The van der Waals surface area contributed by atoms with Crippen LogP contribution in [-0.4, -0.2) is 33.4 Å². The number of carbonyl (C=O) groups excluding carboxylic acids is 1. The van der Waals surface area contributed by atoms with Gasteiger partial charge in [0.2, 0.25) is 5.91 Å². The van der Waals surface area contributed by atoms with Gasteiger partial charge >= 0.3 is 0 Å². The number of hydrogen-bond acceptors (Lipinski definition) is 6. The van der Waals surface area contributed by atoms with Crippen molar-refractivity contribution in [2.75, 3.05) is 18.4 Å². The Kier molecular flexibility index (Phi) is 6.30. The van der Waals surface area contributed by atoms with E-state index in [2.05, 4.69) is 20.9 Å². The van der Waals surface area contributed by atoms with Crippen LogP contribution in [0.4, 0.5) is 14.5 Å².